The summed E-state index contributed by atoms with van der Waals surface area (Å²) in [6, 6.07) is 14.2. The number of hydrogen-bond donors (Lipinski definition) is 2. The topological polar surface area (TPSA) is 77.4 Å². The zero-order valence-corrected chi connectivity index (χ0v) is 16.3. The van der Waals surface area contributed by atoms with Gasteiger partial charge < -0.3 is 29.2 Å². The van der Waals surface area contributed by atoms with E-state index in [-0.39, 0.29) is 6.61 Å². The van der Waals surface area contributed by atoms with Crippen LogP contribution in [0.5, 0.6) is 0 Å². The number of hydrogen-bond acceptors (Lipinski definition) is 6. The zero-order chi connectivity index (χ0) is 19.7. The highest BCUT2D eigenvalue weighted by Crippen LogP contribution is 2.37. The molecular formula is C20H20Cl2O6. The summed E-state index contributed by atoms with van der Waals surface area (Å²) in [6.45, 7) is -0.214. The molecular weight excluding hydrogens is 407 g/mol. The van der Waals surface area contributed by atoms with Crippen LogP contribution in [0.4, 0.5) is 0 Å². The van der Waals surface area contributed by atoms with E-state index in [1.54, 1.807) is 42.5 Å². The smallest absolute Gasteiger partial charge is 0.185 e. The minimum absolute atomic E-state index is 0.178. The number of ether oxygens (including phenoxy) is 4. The molecule has 0 saturated carbocycles. The van der Waals surface area contributed by atoms with Crippen molar-refractivity contribution in [3.05, 3.63) is 69.7 Å². The Morgan fingerprint density at radius 2 is 1.54 bits per heavy atom. The molecule has 2 saturated heterocycles. The largest absolute Gasteiger partial charge is 0.394 e. The van der Waals surface area contributed by atoms with Gasteiger partial charge in [0.2, 0.25) is 0 Å². The van der Waals surface area contributed by atoms with Crippen LogP contribution in [-0.2, 0) is 18.9 Å². The molecule has 2 aromatic carbocycles. The average Bonchev–Trinajstić information content (AvgIpc) is 2.84. The lowest BCUT2D eigenvalue weighted by Gasteiger charge is -2.37. The SMILES string of the molecule is OC[C@H]1OC(c2cccc(Cl)c2)O[C@H]2COC(c3cccc(Cl)c3)O[C@@H]2[C@H]1O. The minimum Gasteiger partial charge on any atom is -0.394 e. The monoisotopic (exact) mass is 426 g/mol. The van der Waals surface area contributed by atoms with Crippen molar-refractivity contribution in [2.45, 2.75) is 37.0 Å². The molecule has 2 fully saturated rings. The first kappa shape index (κ1) is 20.1. The summed E-state index contributed by atoms with van der Waals surface area (Å²) < 4.78 is 23.7. The molecule has 0 aliphatic carbocycles. The van der Waals surface area contributed by atoms with Crippen LogP contribution in [0.2, 0.25) is 10.0 Å². The Balaban J connectivity index is 1.58. The van der Waals surface area contributed by atoms with Crippen LogP contribution >= 0.6 is 23.2 Å². The molecule has 0 bridgehead atoms. The van der Waals surface area contributed by atoms with Gasteiger partial charge in [-0.15, -0.1) is 0 Å². The lowest BCUT2D eigenvalue weighted by atomic mass is 10.0. The summed E-state index contributed by atoms with van der Waals surface area (Å²) in [5, 5.41) is 21.6. The van der Waals surface area contributed by atoms with Crippen molar-refractivity contribution in [3.8, 4) is 0 Å². The van der Waals surface area contributed by atoms with E-state index in [1.807, 2.05) is 6.07 Å². The van der Waals surface area contributed by atoms with Gasteiger partial charge in [0.25, 0.3) is 0 Å². The molecule has 0 aromatic heterocycles. The van der Waals surface area contributed by atoms with Gasteiger partial charge in [-0.1, -0.05) is 47.5 Å². The molecule has 2 heterocycles. The predicted molar refractivity (Wildman–Crippen MR) is 102 cm³/mol. The van der Waals surface area contributed by atoms with Gasteiger partial charge >= 0.3 is 0 Å². The van der Waals surface area contributed by atoms with Gasteiger partial charge in [-0.05, 0) is 24.3 Å². The Hall–Kier alpha value is -1.22. The van der Waals surface area contributed by atoms with Gasteiger partial charge in [0.1, 0.15) is 24.4 Å². The number of aliphatic hydroxyl groups excluding tert-OH is 2. The fourth-order valence-corrected chi connectivity index (χ4v) is 3.79. The molecule has 4 rings (SSSR count). The number of halogens is 2. The molecule has 2 aromatic rings. The number of rotatable bonds is 3. The minimum atomic E-state index is -1.11. The number of fused-ring (bicyclic) bond motifs is 1. The van der Waals surface area contributed by atoms with E-state index in [9.17, 15) is 10.2 Å². The third-order valence-corrected chi connectivity index (χ3v) is 5.27. The van der Waals surface area contributed by atoms with Gasteiger partial charge in [-0.25, -0.2) is 0 Å². The molecule has 0 spiro atoms. The van der Waals surface area contributed by atoms with E-state index in [1.165, 1.54) is 0 Å². The predicted octanol–water partition coefficient (Wildman–Crippen LogP) is 3.24. The fourth-order valence-electron chi connectivity index (χ4n) is 3.39. The van der Waals surface area contributed by atoms with Crippen molar-refractivity contribution < 1.29 is 29.2 Å². The first-order valence-electron chi connectivity index (χ1n) is 8.93. The van der Waals surface area contributed by atoms with Gasteiger partial charge in [-0.3, -0.25) is 0 Å². The molecule has 6 nitrogen and oxygen atoms in total. The maximum atomic E-state index is 10.8. The van der Waals surface area contributed by atoms with Crippen molar-refractivity contribution >= 4 is 23.2 Å². The third-order valence-electron chi connectivity index (χ3n) is 4.79. The van der Waals surface area contributed by atoms with E-state index in [0.717, 1.165) is 5.56 Å². The molecule has 2 aliphatic heterocycles. The van der Waals surface area contributed by atoms with Crippen LogP contribution in [-0.4, -0.2) is 47.8 Å². The Morgan fingerprint density at radius 1 is 0.893 bits per heavy atom. The molecule has 0 amide bonds. The van der Waals surface area contributed by atoms with Crippen LogP contribution in [0.15, 0.2) is 48.5 Å². The highest BCUT2D eigenvalue weighted by Gasteiger charge is 2.46. The highest BCUT2D eigenvalue weighted by molar-refractivity contribution is 6.30. The average molecular weight is 427 g/mol. The van der Waals surface area contributed by atoms with E-state index < -0.39 is 43.6 Å². The van der Waals surface area contributed by atoms with E-state index in [4.69, 9.17) is 42.1 Å². The molecule has 2 N–H and O–H groups in total. The normalized spacial score (nSPS) is 33.1. The van der Waals surface area contributed by atoms with Crippen LogP contribution < -0.4 is 0 Å². The van der Waals surface area contributed by atoms with Crippen molar-refractivity contribution in [1.82, 2.24) is 0 Å². The summed E-state index contributed by atoms with van der Waals surface area (Å²) in [7, 11) is 0. The van der Waals surface area contributed by atoms with Gasteiger partial charge in [0.15, 0.2) is 12.6 Å². The Labute approximate surface area is 172 Å². The second-order valence-corrected chi connectivity index (χ2v) is 7.60. The van der Waals surface area contributed by atoms with Gasteiger partial charge in [0.05, 0.1) is 13.2 Å². The summed E-state index contributed by atoms with van der Waals surface area (Å²) >= 11 is 12.1. The third kappa shape index (κ3) is 4.20. The van der Waals surface area contributed by atoms with Gasteiger partial charge in [-0.2, -0.15) is 0 Å². The summed E-state index contributed by atoms with van der Waals surface area (Å²) in [5.41, 5.74) is 1.41. The lowest BCUT2D eigenvalue weighted by molar-refractivity contribution is -0.289. The van der Waals surface area contributed by atoms with Gasteiger partial charge in [0, 0.05) is 21.2 Å². The van der Waals surface area contributed by atoms with E-state index in [0.29, 0.717) is 15.6 Å². The van der Waals surface area contributed by atoms with Crippen molar-refractivity contribution in [2.24, 2.45) is 0 Å². The summed E-state index contributed by atoms with van der Waals surface area (Å²) in [6.07, 6.45) is -4.87. The highest BCUT2D eigenvalue weighted by atomic mass is 35.5. The maximum absolute atomic E-state index is 10.8. The molecule has 28 heavy (non-hydrogen) atoms. The second kappa shape index (κ2) is 8.65. The first-order valence-corrected chi connectivity index (χ1v) is 9.68. The molecule has 6 atom stereocenters. The van der Waals surface area contributed by atoms with Crippen LogP contribution in [0.3, 0.4) is 0 Å². The van der Waals surface area contributed by atoms with Crippen molar-refractivity contribution in [1.29, 1.82) is 0 Å². The Kier molecular flexibility index (Phi) is 6.20. The van der Waals surface area contributed by atoms with Crippen LogP contribution in [0.1, 0.15) is 23.7 Å². The standard InChI is InChI=1S/C20H20Cl2O6/c21-13-5-1-3-11(7-13)19-25-10-16-18(28-19)17(24)15(9-23)26-20(27-16)12-4-2-6-14(22)8-12/h1-8,15-20,23-24H,9-10H2/t15-,16+,17+,18+,19?,20?/m1/s1. The Bertz CT molecular complexity index is 819. The van der Waals surface area contributed by atoms with Crippen molar-refractivity contribution in [3.63, 3.8) is 0 Å². The number of benzene rings is 2. The summed E-state index contributed by atoms with van der Waals surface area (Å²) in [5.74, 6) is 0. The molecule has 2 aliphatic rings. The zero-order valence-electron chi connectivity index (χ0n) is 14.8. The van der Waals surface area contributed by atoms with Crippen molar-refractivity contribution in [2.75, 3.05) is 13.2 Å². The molecule has 150 valence electrons. The Morgan fingerprint density at radius 3 is 2.14 bits per heavy atom. The fraction of sp³-hybridized carbons (Fsp3) is 0.400. The molecule has 2 unspecified atom stereocenters. The van der Waals surface area contributed by atoms with Crippen LogP contribution in [0.25, 0.3) is 0 Å². The first-order chi connectivity index (χ1) is 13.5. The van der Waals surface area contributed by atoms with E-state index >= 15 is 0 Å². The lowest BCUT2D eigenvalue weighted by Crippen LogP contribution is -2.51. The molecule has 0 radical (unpaired) electrons. The van der Waals surface area contributed by atoms with E-state index in [2.05, 4.69) is 0 Å². The van der Waals surface area contributed by atoms with Crippen LogP contribution in [0, 0.1) is 0 Å². The number of aliphatic hydroxyl groups is 2. The quantitative estimate of drug-likeness (QED) is 0.784. The maximum Gasteiger partial charge on any atom is 0.185 e. The second-order valence-electron chi connectivity index (χ2n) is 6.73. The summed E-state index contributed by atoms with van der Waals surface area (Å²) in [4.78, 5) is 0. The molecule has 8 heteroatoms.